The van der Waals surface area contributed by atoms with Gasteiger partial charge in [0.15, 0.2) is 0 Å². The molecule has 3 aliphatic rings. The number of nitrogens with zero attached hydrogens (tertiary/aromatic N) is 1. The molecule has 0 spiro atoms. The molecule has 4 nitrogen and oxygen atoms in total. The minimum Gasteiger partial charge on any atom is -0.397 e. The topological polar surface area (TPSA) is 58.4 Å². The average molecular weight is 305 g/mol. The predicted octanol–water partition coefficient (Wildman–Crippen LogP) is 2.95. The van der Waals surface area contributed by atoms with E-state index in [1.807, 2.05) is 0 Å². The first-order chi connectivity index (χ1) is 10.1. The molecular formula is C16H23N3OS. The van der Waals surface area contributed by atoms with Gasteiger partial charge in [-0.2, -0.15) is 0 Å². The number of nitrogens with one attached hydrogen (secondary N) is 1. The van der Waals surface area contributed by atoms with Crippen molar-refractivity contribution in [3.05, 3.63) is 10.4 Å². The Hall–Kier alpha value is -1.23. The molecule has 3 N–H and O–H groups in total. The maximum absolute atomic E-state index is 12.4. The zero-order chi connectivity index (χ0) is 14.6. The number of hydrogen-bond donors (Lipinski definition) is 2. The summed E-state index contributed by atoms with van der Waals surface area (Å²) < 4.78 is 0. The lowest BCUT2D eigenvalue weighted by atomic mass is 10.1. The van der Waals surface area contributed by atoms with Gasteiger partial charge in [-0.3, -0.25) is 4.79 Å². The summed E-state index contributed by atoms with van der Waals surface area (Å²) in [6, 6.07) is 0.385. The number of anilines is 2. The van der Waals surface area contributed by atoms with Crippen LogP contribution in [0.25, 0.3) is 0 Å². The molecule has 21 heavy (non-hydrogen) atoms. The summed E-state index contributed by atoms with van der Waals surface area (Å²) in [7, 11) is 2.15. The first-order valence-corrected chi connectivity index (χ1v) is 8.89. The molecule has 3 aliphatic carbocycles. The Labute approximate surface area is 129 Å². The summed E-state index contributed by atoms with van der Waals surface area (Å²) in [6.07, 6.45) is 7.35. The number of thiophene rings is 1. The van der Waals surface area contributed by atoms with Crippen LogP contribution in [-0.4, -0.2) is 25.5 Å². The highest BCUT2D eigenvalue weighted by Crippen LogP contribution is 2.52. The lowest BCUT2D eigenvalue weighted by Gasteiger charge is -2.19. The van der Waals surface area contributed by atoms with Gasteiger partial charge in [0, 0.05) is 25.2 Å². The van der Waals surface area contributed by atoms with Gasteiger partial charge in [-0.15, -0.1) is 11.3 Å². The first kappa shape index (κ1) is 13.4. The molecule has 1 aromatic rings. The number of carbonyl (C=O) groups is 1. The Kier molecular flexibility index (Phi) is 3.14. The van der Waals surface area contributed by atoms with E-state index in [1.165, 1.54) is 36.2 Å². The highest BCUT2D eigenvalue weighted by atomic mass is 32.1. The monoisotopic (exact) mass is 305 g/mol. The van der Waals surface area contributed by atoms with Crippen molar-refractivity contribution in [1.82, 2.24) is 5.32 Å². The van der Waals surface area contributed by atoms with Crippen molar-refractivity contribution in [2.45, 2.75) is 50.5 Å². The van der Waals surface area contributed by atoms with Gasteiger partial charge in [-0.1, -0.05) is 0 Å². The Morgan fingerprint density at radius 1 is 1.29 bits per heavy atom. The Balaban J connectivity index is 1.62. The lowest BCUT2D eigenvalue weighted by Crippen LogP contribution is -2.25. The van der Waals surface area contributed by atoms with Crippen molar-refractivity contribution in [2.24, 2.45) is 5.92 Å². The van der Waals surface area contributed by atoms with Crippen molar-refractivity contribution in [3.8, 4) is 0 Å². The fourth-order valence-corrected chi connectivity index (χ4v) is 4.09. The zero-order valence-electron chi connectivity index (χ0n) is 12.5. The molecule has 0 saturated heterocycles. The molecule has 0 aromatic carbocycles. The van der Waals surface area contributed by atoms with E-state index in [2.05, 4.69) is 17.3 Å². The summed E-state index contributed by atoms with van der Waals surface area (Å²) in [5.74, 6) is 1.46. The second-order valence-corrected chi connectivity index (χ2v) is 7.91. The molecule has 0 aliphatic heterocycles. The predicted molar refractivity (Wildman–Crippen MR) is 87.2 cm³/mol. The molecular weight excluding hydrogens is 282 g/mol. The van der Waals surface area contributed by atoms with Crippen LogP contribution < -0.4 is 16.0 Å². The maximum Gasteiger partial charge on any atom is 0.263 e. The second kappa shape index (κ2) is 4.90. The van der Waals surface area contributed by atoms with E-state index < -0.39 is 0 Å². The van der Waals surface area contributed by atoms with E-state index >= 15 is 0 Å². The Bertz CT molecular complexity index is 570. The van der Waals surface area contributed by atoms with Gasteiger partial charge >= 0.3 is 0 Å². The molecule has 5 heteroatoms. The summed E-state index contributed by atoms with van der Waals surface area (Å²) in [5.41, 5.74) is 8.35. The average Bonchev–Trinajstić information content (AvgIpc) is 3.28. The third kappa shape index (κ3) is 2.76. The van der Waals surface area contributed by atoms with Gasteiger partial charge in [-0.05, 0) is 50.4 Å². The van der Waals surface area contributed by atoms with Crippen LogP contribution in [-0.2, 0) is 0 Å². The molecule has 4 rings (SSSR count). The largest absolute Gasteiger partial charge is 0.397 e. The Morgan fingerprint density at radius 2 is 2.00 bits per heavy atom. The number of hydrogen-bond acceptors (Lipinski definition) is 4. The molecule has 114 valence electrons. The van der Waals surface area contributed by atoms with E-state index in [9.17, 15) is 4.79 Å². The maximum atomic E-state index is 12.4. The molecule has 0 unspecified atom stereocenters. The van der Waals surface area contributed by atoms with E-state index in [0.29, 0.717) is 12.0 Å². The van der Waals surface area contributed by atoms with Gasteiger partial charge in [0.2, 0.25) is 0 Å². The van der Waals surface area contributed by atoms with E-state index in [1.54, 1.807) is 11.3 Å². The number of carbonyl (C=O) groups excluding carboxylic acids is 1. The van der Waals surface area contributed by atoms with E-state index in [4.69, 9.17) is 5.73 Å². The summed E-state index contributed by atoms with van der Waals surface area (Å²) in [5, 5.41) is 4.31. The molecule has 0 bridgehead atoms. The van der Waals surface area contributed by atoms with Crippen LogP contribution in [0.2, 0.25) is 0 Å². The highest BCUT2D eigenvalue weighted by molar-refractivity contribution is 7.18. The van der Waals surface area contributed by atoms with E-state index in [0.717, 1.165) is 35.9 Å². The van der Waals surface area contributed by atoms with Crippen molar-refractivity contribution >= 4 is 27.9 Å². The van der Waals surface area contributed by atoms with Crippen LogP contribution >= 0.6 is 11.3 Å². The summed E-state index contributed by atoms with van der Waals surface area (Å²) >= 11 is 1.60. The highest BCUT2D eigenvalue weighted by Gasteiger charge is 2.36. The van der Waals surface area contributed by atoms with Crippen LogP contribution in [0.3, 0.4) is 0 Å². The Morgan fingerprint density at radius 3 is 2.57 bits per heavy atom. The molecule has 3 fully saturated rings. The quantitative estimate of drug-likeness (QED) is 0.849. The normalized spacial score (nSPS) is 21.4. The van der Waals surface area contributed by atoms with E-state index in [-0.39, 0.29) is 5.91 Å². The van der Waals surface area contributed by atoms with Crippen molar-refractivity contribution in [3.63, 3.8) is 0 Å². The fourth-order valence-electron chi connectivity index (χ4n) is 2.91. The minimum absolute atomic E-state index is 0.0352. The van der Waals surface area contributed by atoms with Gasteiger partial charge < -0.3 is 16.0 Å². The van der Waals surface area contributed by atoms with Gasteiger partial charge in [-0.25, -0.2) is 0 Å². The molecule has 1 aromatic heterocycles. The molecule has 1 heterocycles. The van der Waals surface area contributed by atoms with Crippen molar-refractivity contribution < 1.29 is 4.79 Å². The van der Waals surface area contributed by atoms with Crippen LogP contribution in [0, 0.1) is 5.92 Å². The molecule has 0 radical (unpaired) electrons. The van der Waals surface area contributed by atoms with Crippen LogP contribution in [0.5, 0.6) is 0 Å². The standard InChI is InChI=1S/C16H23N3OS/c1-19(8-9-2-3-9)16-12(10-4-5-10)13(17)14(21-16)15(20)18-11-6-7-11/h9-11H,2-8,17H2,1H3,(H,18,20). The number of amides is 1. The molecule has 1 amide bonds. The zero-order valence-corrected chi connectivity index (χ0v) is 13.3. The summed E-state index contributed by atoms with van der Waals surface area (Å²) in [4.78, 5) is 15.5. The number of nitrogen functional groups attached to an aromatic ring is 1. The van der Waals surface area contributed by atoms with Crippen LogP contribution in [0.15, 0.2) is 0 Å². The third-order valence-corrected chi connectivity index (χ3v) is 5.98. The van der Waals surface area contributed by atoms with Gasteiger partial charge in [0.05, 0.1) is 10.7 Å². The fraction of sp³-hybridized carbons (Fsp3) is 0.688. The number of nitrogens with two attached hydrogens (primary N) is 1. The van der Waals surface area contributed by atoms with Crippen molar-refractivity contribution in [1.29, 1.82) is 0 Å². The first-order valence-electron chi connectivity index (χ1n) is 8.07. The summed E-state index contributed by atoms with van der Waals surface area (Å²) in [6.45, 7) is 1.10. The number of rotatable bonds is 6. The van der Waals surface area contributed by atoms with Gasteiger partial charge in [0.1, 0.15) is 4.88 Å². The molecule has 0 atom stereocenters. The smallest absolute Gasteiger partial charge is 0.263 e. The van der Waals surface area contributed by atoms with Crippen molar-refractivity contribution in [2.75, 3.05) is 24.2 Å². The third-order valence-electron chi connectivity index (χ3n) is 4.64. The SMILES string of the molecule is CN(CC1CC1)c1sc(C(=O)NC2CC2)c(N)c1C1CC1. The van der Waals surface area contributed by atoms with Crippen LogP contribution in [0.1, 0.15) is 59.7 Å². The molecule has 3 saturated carbocycles. The lowest BCUT2D eigenvalue weighted by molar-refractivity contribution is 0.0956. The van der Waals surface area contributed by atoms with Gasteiger partial charge in [0.25, 0.3) is 5.91 Å². The minimum atomic E-state index is 0.0352. The second-order valence-electron chi connectivity index (χ2n) is 6.91. The van der Waals surface area contributed by atoms with Crippen LogP contribution in [0.4, 0.5) is 10.7 Å².